The number of carbonyl (C=O) groups excluding carboxylic acids is 1. The smallest absolute Gasteiger partial charge is 0.303 e. The number of rotatable bonds is 5. The molecule has 0 spiro atoms. The Kier molecular flexibility index (Phi) is 3.07. The normalized spacial score (nSPS) is 20.5. The average molecular weight is 218 g/mol. The average Bonchev–Trinajstić information content (AvgIpc) is 2.92. The summed E-state index contributed by atoms with van der Waals surface area (Å²) < 4.78 is 38.3. The largest absolute Gasteiger partial charge is 0.395 e. The molecule has 1 unspecified atom stereocenters. The van der Waals surface area contributed by atoms with Crippen LogP contribution in [0.1, 0.15) is 19.3 Å². The molecule has 0 radical (unpaired) electrons. The molecule has 0 bridgehead atoms. The van der Waals surface area contributed by atoms with Gasteiger partial charge in [-0.25, -0.2) is 0 Å². The van der Waals surface area contributed by atoms with E-state index in [1.807, 2.05) is 0 Å². The molecule has 15 heavy (non-hydrogen) atoms. The van der Waals surface area contributed by atoms with E-state index in [4.69, 9.17) is 0 Å². The zero-order valence-electron chi connectivity index (χ0n) is 8.31. The third-order valence-corrected chi connectivity index (χ3v) is 3.06. The quantitative estimate of drug-likeness (QED) is 0.511. The number of alkyl halides is 3. The van der Waals surface area contributed by atoms with Gasteiger partial charge in [0.05, 0.1) is 5.41 Å². The van der Waals surface area contributed by atoms with Gasteiger partial charge in [-0.15, -0.1) is 0 Å². The molecule has 1 aliphatic rings. The SMILES string of the molecule is C=CC(=C)C(CC=O)C1(C(F)(F)F)CC1. The Hall–Kier alpha value is -1.06. The fraction of sp³-hybridized carbons (Fsp3) is 0.545. The molecular formula is C11H13F3O. The van der Waals surface area contributed by atoms with Crippen LogP contribution in [0.2, 0.25) is 0 Å². The van der Waals surface area contributed by atoms with E-state index >= 15 is 0 Å². The minimum Gasteiger partial charge on any atom is -0.303 e. The summed E-state index contributed by atoms with van der Waals surface area (Å²) in [5.74, 6) is -0.840. The molecule has 1 fully saturated rings. The summed E-state index contributed by atoms with van der Waals surface area (Å²) in [5, 5.41) is 0. The van der Waals surface area contributed by atoms with Crippen LogP contribution in [0.15, 0.2) is 24.8 Å². The third kappa shape index (κ3) is 1.98. The molecule has 1 atom stereocenters. The van der Waals surface area contributed by atoms with Crippen molar-refractivity contribution in [3.05, 3.63) is 24.8 Å². The predicted octanol–water partition coefficient (Wildman–Crippen LogP) is 3.28. The maximum absolute atomic E-state index is 12.8. The molecule has 4 heteroatoms. The Morgan fingerprint density at radius 1 is 1.47 bits per heavy atom. The van der Waals surface area contributed by atoms with Gasteiger partial charge in [0, 0.05) is 12.3 Å². The van der Waals surface area contributed by atoms with Crippen LogP contribution in [0.3, 0.4) is 0 Å². The highest BCUT2D eigenvalue weighted by molar-refractivity contribution is 5.52. The molecule has 0 aliphatic heterocycles. The minimum atomic E-state index is -4.26. The molecule has 0 N–H and O–H groups in total. The number of halogens is 3. The van der Waals surface area contributed by atoms with Crippen molar-refractivity contribution in [1.82, 2.24) is 0 Å². The van der Waals surface area contributed by atoms with Crippen LogP contribution < -0.4 is 0 Å². The summed E-state index contributed by atoms with van der Waals surface area (Å²) in [4.78, 5) is 10.4. The van der Waals surface area contributed by atoms with Gasteiger partial charge in [0.2, 0.25) is 0 Å². The fourth-order valence-corrected chi connectivity index (χ4v) is 1.93. The highest BCUT2D eigenvalue weighted by atomic mass is 19.4. The van der Waals surface area contributed by atoms with Crippen molar-refractivity contribution in [3.8, 4) is 0 Å². The van der Waals surface area contributed by atoms with Crippen LogP contribution in [0, 0.1) is 11.3 Å². The van der Waals surface area contributed by atoms with Crippen molar-refractivity contribution in [2.45, 2.75) is 25.4 Å². The van der Waals surface area contributed by atoms with E-state index in [1.54, 1.807) is 0 Å². The highest BCUT2D eigenvalue weighted by Crippen LogP contribution is 2.64. The predicted molar refractivity (Wildman–Crippen MR) is 51.2 cm³/mol. The summed E-state index contributed by atoms with van der Waals surface area (Å²) in [5.41, 5.74) is -1.42. The minimum absolute atomic E-state index is 0.0852. The summed E-state index contributed by atoms with van der Waals surface area (Å²) in [7, 11) is 0. The number of allylic oxidation sites excluding steroid dienone is 2. The molecular weight excluding hydrogens is 205 g/mol. The molecule has 1 nitrogen and oxygen atoms in total. The lowest BCUT2D eigenvalue weighted by Crippen LogP contribution is -2.33. The first kappa shape index (κ1) is 12.0. The van der Waals surface area contributed by atoms with E-state index in [0.717, 1.165) is 0 Å². The lowest BCUT2D eigenvalue weighted by atomic mass is 9.81. The van der Waals surface area contributed by atoms with Gasteiger partial charge in [-0.2, -0.15) is 13.2 Å². The number of aldehydes is 1. The first-order valence-electron chi connectivity index (χ1n) is 4.70. The van der Waals surface area contributed by atoms with Crippen molar-refractivity contribution in [2.24, 2.45) is 11.3 Å². The lowest BCUT2D eigenvalue weighted by Gasteiger charge is -2.28. The monoisotopic (exact) mass is 218 g/mol. The molecule has 0 aromatic heterocycles. The Morgan fingerprint density at radius 3 is 2.27 bits per heavy atom. The topological polar surface area (TPSA) is 17.1 Å². The van der Waals surface area contributed by atoms with Crippen LogP contribution >= 0.6 is 0 Å². The number of hydrogen-bond acceptors (Lipinski definition) is 1. The highest BCUT2D eigenvalue weighted by Gasteiger charge is 2.66. The molecule has 0 heterocycles. The molecule has 1 saturated carbocycles. The van der Waals surface area contributed by atoms with Crippen molar-refractivity contribution in [3.63, 3.8) is 0 Å². The van der Waals surface area contributed by atoms with Gasteiger partial charge < -0.3 is 4.79 Å². The Balaban J connectivity index is 2.94. The Labute approximate surface area is 86.7 Å². The first-order valence-corrected chi connectivity index (χ1v) is 4.70. The summed E-state index contributed by atoms with van der Waals surface area (Å²) in [6, 6.07) is 0. The third-order valence-electron chi connectivity index (χ3n) is 3.06. The maximum atomic E-state index is 12.8. The number of carbonyl (C=O) groups is 1. The van der Waals surface area contributed by atoms with Crippen LogP contribution in [0.25, 0.3) is 0 Å². The lowest BCUT2D eigenvalue weighted by molar-refractivity contribution is -0.198. The summed E-state index contributed by atoms with van der Waals surface area (Å²) in [6.45, 7) is 6.94. The molecule has 0 saturated heterocycles. The molecule has 0 aromatic carbocycles. The summed E-state index contributed by atoms with van der Waals surface area (Å²) >= 11 is 0. The Bertz CT molecular complexity index is 287. The van der Waals surface area contributed by atoms with Gasteiger partial charge in [-0.05, 0) is 12.8 Å². The standard InChI is InChI=1S/C11H13F3O/c1-3-8(2)9(4-7-15)10(5-6-10)11(12,13)14/h3,7,9H,1-2,4-6H2. The second-order valence-electron chi connectivity index (χ2n) is 3.89. The van der Waals surface area contributed by atoms with E-state index in [0.29, 0.717) is 11.9 Å². The van der Waals surface area contributed by atoms with Crippen molar-refractivity contribution >= 4 is 6.29 Å². The van der Waals surface area contributed by atoms with Crippen molar-refractivity contribution in [2.75, 3.05) is 0 Å². The first-order chi connectivity index (χ1) is 6.89. The zero-order valence-corrected chi connectivity index (χ0v) is 8.31. The van der Waals surface area contributed by atoms with Crippen LogP contribution in [-0.2, 0) is 4.79 Å². The second kappa shape index (κ2) is 3.83. The van der Waals surface area contributed by atoms with Gasteiger partial charge in [0.1, 0.15) is 6.29 Å². The molecule has 0 aromatic rings. The van der Waals surface area contributed by atoms with Gasteiger partial charge in [0.25, 0.3) is 0 Å². The zero-order chi connectivity index (χ0) is 11.7. The van der Waals surface area contributed by atoms with Gasteiger partial charge in [-0.3, -0.25) is 0 Å². The van der Waals surface area contributed by atoms with E-state index in [1.165, 1.54) is 6.08 Å². The van der Waals surface area contributed by atoms with Crippen molar-refractivity contribution < 1.29 is 18.0 Å². The fourth-order valence-electron chi connectivity index (χ4n) is 1.93. The van der Waals surface area contributed by atoms with E-state index in [9.17, 15) is 18.0 Å². The molecule has 1 aliphatic carbocycles. The number of hydrogen-bond donors (Lipinski definition) is 0. The van der Waals surface area contributed by atoms with Crippen LogP contribution in [-0.4, -0.2) is 12.5 Å². The van der Waals surface area contributed by atoms with Gasteiger partial charge in [-0.1, -0.05) is 24.8 Å². The van der Waals surface area contributed by atoms with Crippen LogP contribution in [0.5, 0.6) is 0 Å². The van der Waals surface area contributed by atoms with Gasteiger partial charge in [0.15, 0.2) is 0 Å². The second-order valence-corrected chi connectivity index (χ2v) is 3.89. The van der Waals surface area contributed by atoms with E-state index < -0.39 is 17.5 Å². The van der Waals surface area contributed by atoms with Gasteiger partial charge >= 0.3 is 6.18 Å². The summed E-state index contributed by atoms with van der Waals surface area (Å²) in [6.07, 6.45) is -2.40. The molecule has 84 valence electrons. The molecule has 0 amide bonds. The molecule has 1 rings (SSSR count). The Morgan fingerprint density at radius 2 is 2.00 bits per heavy atom. The maximum Gasteiger partial charge on any atom is 0.395 e. The van der Waals surface area contributed by atoms with Crippen molar-refractivity contribution in [1.29, 1.82) is 0 Å². The van der Waals surface area contributed by atoms with E-state index in [2.05, 4.69) is 13.2 Å². The van der Waals surface area contributed by atoms with Crippen LogP contribution in [0.4, 0.5) is 13.2 Å². The van der Waals surface area contributed by atoms with E-state index in [-0.39, 0.29) is 19.3 Å².